The van der Waals surface area contributed by atoms with Crippen LogP contribution in [-0.4, -0.2) is 31.0 Å². The van der Waals surface area contributed by atoms with Gasteiger partial charge in [-0.1, -0.05) is 11.6 Å². The molecule has 0 aliphatic carbocycles. The molecule has 6 nitrogen and oxygen atoms in total. The summed E-state index contributed by atoms with van der Waals surface area (Å²) in [5.74, 6) is 1.82. The van der Waals surface area contributed by atoms with Crippen LogP contribution in [0.4, 0.5) is 5.82 Å². The van der Waals surface area contributed by atoms with Gasteiger partial charge in [-0.3, -0.25) is 0 Å². The summed E-state index contributed by atoms with van der Waals surface area (Å²) in [5, 5.41) is 19.8. The van der Waals surface area contributed by atoms with Gasteiger partial charge in [-0.05, 0) is 52.7 Å². The molecule has 0 bridgehead atoms. The second-order valence-corrected chi connectivity index (χ2v) is 6.33. The summed E-state index contributed by atoms with van der Waals surface area (Å²) in [5.41, 5.74) is 1.85. The minimum absolute atomic E-state index is 0.196. The van der Waals surface area contributed by atoms with E-state index >= 15 is 0 Å². The fourth-order valence-corrected chi connectivity index (χ4v) is 3.71. The van der Waals surface area contributed by atoms with Crippen molar-refractivity contribution < 1.29 is 0 Å². The van der Waals surface area contributed by atoms with Crippen molar-refractivity contribution in [3.63, 3.8) is 0 Å². The Kier molecular flexibility index (Phi) is 3.16. The molecule has 2 aromatic heterocycles. The van der Waals surface area contributed by atoms with Gasteiger partial charge in [-0.2, -0.15) is 0 Å². The maximum atomic E-state index is 6.13. The van der Waals surface area contributed by atoms with Gasteiger partial charge in [0.05, 0.1) is 6.04 Å². The van der Waals surface area contributed by atoms with E-state index in [0.717, 1.165) is 23.0 Å². The summed E-state index contributed by atoms with van der Waals surface area (Å²) in [6, 6.07) is 9.95. The molecule has 1 aliphatic heterocycles. The summed E-state index contributed by atoms with van der Waals surface area (Å²) in [6.07, 6.45) is 1.02. The Bertz CT molecular complexity index is 804. The maximum Gasteiger partial charge on any atom is 0.200 e. The largest absolute Gasteiger partial charge is 0.362 e. The first-order valence-electron chi connectivity index (χ1n) is 6.54. The Morgan fingerprint density at radius 2 is 2.24 bits per heavy atom. The fraction of sp³-hybridized carbons (Fsp3) is 0.231. The number of benzene rings is 1. The molecular weight excluding hydrogens is 308 g/mol. The van der Waals surface area contributed by atoms with E-state index in [1.165, 1.54) is 15.1 Å². The zero-order valence-corrected chi connectivity index (χ0v) is 12.5. The highest BCUT2D eigenvalue weighted by molar-refractivity contribution is 7.99. The molecule has 0 saturated carbocycles. The molecule has 0 amide bonds. The van der Waals surface area contributed by atoms with Crippen LogP contribution in [0.5, 0.6) is 0 Å². The topological polar surface area (TPSA) is 68.0 Å². The first-order chi connectivity index (χ1) is 10.3. The number of halogens is 1. The molecule has 1 aliphatic rings. The molecule has 0 radical (unpaired) electrons. The average molecular weight is 319 g/mol. The Balaban J connectivity index is 1.67. The Labute approximate surface area is 129 Å². The molecule has 0 spiro atoms. The van der Waals surface area contributed by atoms with Crippen LogP contribution in [0.1, 0.15) is 18.0 Å². The van der Waals surface area contributed by atoms with Gasteiger partial charge >= 0.3 is 0 Å². The van der Waals surface area contributed by atoms with Crippen molar-refractivity contribution in [1.29, 1.82) is 0 Å². The maximum absolute atomic E-state index is 6.13. The van der Waals surface area contributed by atoms with Crippen molar-refractivity contribution in [3.8, 4) is 0 Å². The van der Waals surface area contributed by atoms with Crippen molar-refractivity contribution in [3.05, 3.63) is 40.9 Å². The van der Waals surface area contributed by atoms with E-state index in [9.17, 15) is 0 Å². The Morgan fingerprint density at radius 1 is 1.29 bits per heavy atom. The van der Waals surface area contributed by atoms with Gasteiger partial charge in [0.1, 0.15) is 5.82 Å². The van der Waals surface area contributed by atoms with Gasteiger partial charge < -0.3 is 5.32 Å². The molecule has 1 aromatic carbocycles. The van der Waals surface area contributed by atoms with Gasteiger partial charge in [0.15, 0.2) is 5.65 Å². The van der Waals surface area contributed by atoms with Crippen molar-refractivity contribution in [2.45, 2.75) is 17.4 Å². The lowest BCUT2D eigenvalue weighted by molar-refractivity contribution is 0.698. The number of hydrogen-bond donors (Lipinski definition) is 1. The SMILES string of the molecule is Clc1ccc2c(c1)[C@@H](Nc1ccc3nnnn3n1)CCS2. The van der Waals surface area contributed by atoms with E-state index in [4.69, 9.17) is 11.6 Å². The third-order valence-corrected chi connectivity index (χ3v) is 4.76. The van der Waals surface area contributed by atoms with Crippen molar-refractivity contribution in [2.75, 3.05) is 11.1 Å². The monoisotopic (exact) mass is 318 g/mol. The van der Waals surface area contributed by atoms with E-state index in [-0.39, 0.29) is 6.04 Å². The highest BCUT2D eigenvalue weighted by Gasteiger charge is 2.21. The van der Waals surface area contributed by atoms with Crippen molar-refractivity contribution >= 4 is 34.8 Å². The minimum Gasteiger partial charge on any atom is -0.362 e. The predicted molar refractivity (Wildman–Crippen MR) is 81.7 cm³/mol. The third-order valence-electron chi connectivity index (χ3n) is 3.40. The van der Waals surface area contributed by atoms with E-state index < -0.39 is 0 Å². The van der Waals surface area contributed by atoms with E-state index in [0.29, 0.717) is 5.65 Å². The number of rotatable bonds is 2. The minimum atomic E-state index is 0.196. The highest BCUT2D eigenvalue weighted by atomic mass is 35.5. The molecule has 8 heteroatoms. The molecular formula is C13H11ClN6S. The fourth-order valence-electron chi connectivity index (χ4n) is 2.42. The van der Waals surface area contributed by atoms with Crippen LogP contribution < -0.4 is 5.32 Å². The van der Waals surface area contributed by atoms with Crippen LogP contribution >= 0.6 is 23.4 Å². The summed E-state index contributed by atoms with van der Waals surface area (Å²) in [6.45, 7) is 0. The van der Waals surface area contributed by atoms with Gasteiger partial charge in [-0.25, -0.2) is 0 Å². The summed E-state index contributed by atoms with van der Waals surface area (Å²) in [4.78, 5) is 1.27. The quantitative estimate of drug-likeness (QED) is 0.783. The molecule has 1 atom stereocenters. The lowest BCUT2D eigenvalue weighted by Crippen LogP contribution is -2.17. The van der Waals surface area contributed by atoms with Gasteiger partial charge in [0, 0.05) is 15.7 Å². The lowest BCUT2D eigenvalue weighted by atomic mass is 10.0. The number of anilines is 1. The highest BCUT2D eigenvalue weighted by Crippen LogP contribution is 2.38. The number of nitrogens with one attached hydrogen (secondary N) is 1. The number of fused-ring (bicyclic) bond motifs is 2. The van der Waals surface area contributed by atoms with E-state index in [1.54, 1.807) is 0 Å². The molecule has 21 heavy (non-hydrogen) atoms. The molecule has 3 aromatic rings. The summed E-state index contributed by atoms with van der Waals surface area (Å²) in [7, 11) is 0. The van der Waals surface area contributed by atoms with Gasteiger partial charge in [0.2, 0.25) is 0 Å². The molecule has 0 fully saturated rings. The Hall–Kier alpha value is -1.86. The molecule has 3 heterocycles. The molecule has 106 valence electrons. The lowest BCUT2D eigenvalue weighted by Gasteiger charge is -2.26. The number of nitrogens with zero attached hydrogens (tertiary/aromatic N) is 5. The van der Waals surface area contributed by atoms with Crippen molar-refractivity contribution in [2.24, 2.45) is 0 Å². The van der Waals surface area contributed by atoms with Crippen LogP contribution in [-0.2, 0) is 0 Å². The van der Waals surface area contributed by atoms with Crippen LogP contribution in [0, 0.1) is 0 Å². The van der Waals surface area contributed by atoms with Crippen LogP contribution in [0.25, 0.3) is 5.65 Å². The normalized spacial score (nSPS) is 17.7. The number of tetrazole rings is 1. The summed E-state index contributed by atoms with van der Waals surface area (Å²) < 4.78 is 1.42. The smallest absolute Gasteiger partial charge is 0.200 e. The standard InChI is InChI=1S/C13H11ClN6S/c14-8-1-2-11-9(7-8)10(5-6-21-11)15-12-3-4-13-16-18-19-20(13)17-12/h1-4,7,10H,5-6H2,(H,15,17)/t10-/m0/s1. The molecule has 1 N–H and O–H groups in total. The van der Waals surface area contributed by atoms with Crippen LogP contribution in [0.3, 0.4) is 0 Å². The Morgan fingerprint density at radius 3 is 3.19 bits per heavy atom. The second-order valence-electron chi connectivity index (χ2n) is 4.76. The van der Waals surface area contributed by atoms with Crippen LogP contribution in [0.2, 0.25) is 5.02 Å². The van der Waals surface area contributed by atoms with E-state index in [2.05, 4.69) is 32.0 Å². The first-order valence-corrected chi connectivity index (χ1v) is 7.90. The average Bonchev–Trinajstić information content (AvgIpc) is 2.95. The first kappa shape index (κ1) is 12.8. The van der Waals surface area contributed by atoms with Crippen LogP contribution in [0.15, 0.2) is 35.2 Å². The third kappa shape index (κ3) is 2.43. The zero-order valence-electron chi connectivity index (χ0n) is 10.9. The molecule has 4 rings (SSSR count). The van der Waals surface area contributed by atoms with Gasteiger partial charge in [0.25, 0.3) is 0 Å². The summed E-state index contributed by atoms with van der Waals surface area (Å²) >= 11 is 7.98. The second kappa shape index (κ2) is 5.16. The predicted octanol–water partition coefficient (Wildman–Crippen LogP) is 2.82. The van der Waals surface area contributed by atoms with E-state index in [1.807, 2.05) is 36.0 Å². The van der Waals surface area contributed by atoms with Crippen molar-refractivity contribution in [1.82, 2.24) is 25.3 Å². The number of hydrogen-bond acceptors (Lipinski definition) is 6. The van der Waals surface area contributed by atoms with Gasteiger partial charge in [-0.15, -0.1) is 26.6 Å². The zero-order chi connectivity index (χ0) is 14.2. The number of aromatic nitrogens is 5. The molecule has 0 saturated heterocycles. The molecule has 0 unspecified atom stereocenters. The number of thioether (sulfide) groups is 1.